The first-order chi connectivity index (χ1) is 12.4. The van der Waals surface area contributed by atoms with Gasteiger partial charge in [-0.3, -0.25) is 14.7 Å². The molecule has 26 heavy (non-hydrogen) atoms. The first kappa shape index (κ1) is 22.9. The summed E-state index contributed by atoms with van der Waals surface area (Å²) in [7, 11) is -2.45. The Morgan fingerprint density at radius 3 is 2.42 bits per heavy atom. The molecule has 0 aromatic heterocycles. The fourth-order valence-corrected chi connectivity index (χ4v) is 3.68. The summed E-state index contributed by atoms with van der Waals surface area (Å²) in [6.07, 6.45) is 5.02. The van der Waals surface area contributed by atoms with Gasteiger partial charge in [-0.2, -0.15) is 0 Å². The van der Waals surface area contributed by atoms with Crippen LogP contribution in [0.1, 0.15) is 58.3 Å². The van der Waals surface area contributed by atoms with E-state index in [1.54, 1.807) is 0 Å². The van der Waals surface area contributed by atoms with Crippen LogP contribution in [0, 0.1) is 11.8 Å². The number of alkyl carbamates (subject to hydrolysis) is 1. The maximum absolute atomic E-state index is 11.8. The van der Waals surface area contributed by atoms with Gasteiger partial charge in [0, 0.05) is 6.16 Å². The summed E-state index contributed by atoms with van der Waals surface area (Å²) >= 11 is 0. The molecule has 1 aliphatic rings. The van der Waals surface area contributed by atoms with Crippen LogP contribution in [0.2, 0.25) is 0 Å². The molecule has 1 aliphatic carbocycles. The van der Waals surface area contributed by atoms with Gasteiger partial charge in [0.05, 0.1) is 5.92 Å². The summed E-state index contributed by atoms with van der Waals surface area (Å²) in [5.41, 5.74) is 0. The lowest BCUT2D eigenvalue weighted by molar-refractivity contribution is -0.150. The molecule has 0 aliphatic heterocycles. The molecule has 1 amide bonds. The van der Waals surface area contributed by atoms with Gasteiger partial charge in [-0.05, 0) is 38.0 Å². The van der Waals surface area contributed by atoms with Crippen molar-refractivity contribution >= 4 is 20.1 Å². The molecule has 1 fully saturated rings. The Hall–Kier alpha value is -1.11. The van der Waals surface area contributed by atoms with Crippen molar-refractivity contribution in [2.75, 3.05) is 19.4 Å². The highest BCUT2D eigenvalue weighted by atomic mass is 31.1. The van der Waals surface area contributed by atoms with Gasteiger partial charge in [0.2, 0.25) is 0 Å². The summed E-state index contributed by atoms with van der Waals surface area (Å²) in [6.45, 7) is 1.88. The van der Waals surface area contributed by atoms with Crippen molar-refractivity contribution in [2.24, 2.45) is 11.8 Å². The van der Waals surface area contributed by atoms with E-state index >= 15 is 0 Å². The van der Waals surface area contributed by atoms with Gasteiger partial charge >= 0.3 is 12.1 Å². The van der Waals surface area contributed by atoms with Crippen LogP contribution < -0.4 is 5.32 Å². The highest BCUT2D eigenvalue weighted by Crippen LogP contribution is 2.24. The van der Waals surface area contributed by atoms with E-state index in [9.17, 15) is 19.3 Å². The zero-order valence-electron chi connectivity index (χ0n) is 15.4. The lowest BCUT2D eigenvalue weighted by Crippen LogP contribution is -2.36. The molecule has 0 radical (unpaired) electrons. The van der Waals surface area contributed by atoms with Gasteiger partial charge in [0.15, 0.2) is 8.03 Å². The lowest BCUT2D eigenvalue weighted by Gasteiger charge is -2.20. The molecule has 1 saturated carbocycles. The van der Waals surface area contributed by atoms with E-state index in [0.717, 1.165) is 32.1 Å². The average Bonchev–Trinajstić information content (AvgIpc) is 2.62. The highest BCUT2D eigenvalue weighted by molar-refractivity contribution is 7.37. The van der Waals surface area contributed by atoms with Crippen LogP contribution in [-0.4, -0.2) is 47.7 Å². The minimum absolute atomic E-state index is 0.0102. The zero-order valence-corrected chi connectivity index (χ0v) is 16.4. The third-order valence-corrected chi connectivity index (χ3v) is 5.28. The second-order valence-electron chi connectivity index (χ2n) is 6.91. The minimum atomic E-state index is -2.45. The SMILES string of the molecule is CC(CCC(O)NC(=O)OCCOC(=O)C1CCCCC1)CC[PH](=O)O. The number of carbonyl (C=O) groups excluding carboxylic acids is 2. The van der Waals surface area contributed by atoms with Crippen molar-refractivity contribution < 1.29 is 33.6 Å². The molecule has 3 atom stereocenters. The van der Waals surface area contributed by atoms with E-state index in [-0.39, 0.29) is 37.2 Å². The molecule has 0 saturated heterocycles. The van der Waals surface area contributed by atoms with E-state index in [0.29, 0.717) is 19.3 Å². The number of ether oxygens (including phenoxy) is 2. The monoisotopic (exact) mass is 393 g/mol. The Kier molecular flexibility index (Phi) is 11.6. The highest BCUT2D eigenvalue weighted by Gasteiger charge is 2.22. The average molecular weight is 393 g/mol. The maximum Gasteiger partial charge on any atom is 0.409 e. The number of hydrogen-bond acceptors (Lipinski definition) is 6. The molecule has 0 bridgehead atoms. The number of rotatable bonds is 11. The fourth-order valence-electron chi connectivity index (χ4n) is 2.94. The first-order valence-corrected chi connectivity index (χ1v) is 10.9. The van der Waals surface area contributed by atoms with Crippen LogP contribution in [0.3, 0.4) is 0 Å². The topological polar surface area (TPSA) is 122 Å². The molecular formula is C17H32NO7P. The first-order valence-electron chi connectivity index (χ1n) is 9.38. The van der Waals surface area contributed by atoms with Gasteiger partial charge in [0.25, 0.3) is 0 Å². The number of nitrogens with one attached hydrogen (secondary N) is 1. The molecule has 3 N–H and O–H groups in total. The van der Waals surface area contributed by atoms with Gasteiger partial charge in [-0.25, -0.2) is 4.79 Å². The van der Waals surface area contributed by atoms with E-state index in [4.69, 9.17) is 14.4 Å². The van der Waals surface area contributed by atoms with E-state index < -0.39 is 20.3 Å². The number of hydrogen-bond donors (Lipinski definition) is 3. The smallest absolute Gasteiger partial charge is 0.409 e. The molecule has 8 nitrogen and oxygen atoms in total. The van der Waals surface area contributed by atoms with Crippen molar-refractivity contribution in [3.05, 3.63) is 0 Å². The minimum Gasteiger partial charge on any atom is -0.462 e. The molecule has 152 valence electrons. The second-order valence-corrected chi connectivity index (χ2v) is 8.20. The molecule has 0 aromatic carbocycles. The Bertz CT molecular complexity index is 454. The molecule has 3 unspecified atom stereocenters. The number of carbonyl (C=O) groups is 2. The van der Waals surface area contributed by atoms with Crippen molar-refractivity contribution in [1.82, 2.24) is 5.32 Å². The summed E-state index contributed by atoms with van der Waals surface area (Å²) in [5, 5.41) is 12.1. The van der Waals surface area contributed by atoms with Crippen molar-refractivity contribution in [1.29, 1.82) is 0 Å². The van der Waals surface area contributed by atoms with Crippen LogP contribution in [0.25, 0.3) is 0 Å². The molecule has 0 spiro atoms. The van der Waals surface area contributed by atoms with Crippen molar-refractivity contribution in [3.8, 4) is 0 Å². The van der Waals surface area contributed by atoms with Gasteiger partial charge < -0.3 is 19.5 Å². The standard InChI is InChI=1S/C17H32NO7P/c1-13(9-12-26(22)23)7-8-15(19)18-17(21)25-11-10-24-16(20)14-5-3-2-4-6-14/h13-15,19,26H,2-12H2,1H3,(H,18,21)(H,22,23). The van der Waals surface area contributed by atoms with Crippen LogP contribution in [0.15, 0.2) is 0 Å². The van der Waals surface area contributed by atoms with Crippen LogP contribution in [-0.2, 0) is 18.8 Å². The predicted molar refractivity (Wildman–Crippen MR) is 97.1 cm³/mol. The third-order valence-electron chi connectivity index (χ3n) is 4.57. The second kappa shape index (κ2) is 13.1. The Morgan fingerprint density at radius 1 is 1.12 bits per heavy atom. The summed E-state index contributed by atoms with van der Waals surface area (Å²) < 4.78 is 20.7. The lowest BCUT2D eigenvalue weighted by atomic mass is 9.89. The largest absolute Gasteiger partial charge is 0.462 e. The van der Waals surface area contributed by atoms with Crippen molar-refractivity contribution in [3.63, 3.8) is 0 Å². The Morgan fingerprint density at radius 2 is 1.77 bits per heavy atom. The molecule has 9 heteroatoms. The van der Waals surface area contributed by atoms with E-state index in [1.807, 2.05) is 6.92 Å². The summed E-state index contributed by atoms with van der Waals surface area (Å²) in [4.78, 5) is 32.2. The predicted octanol–water partition coefficient (Wildman–Crippen LogP) is 2.43. The Labute approximate surface area is 155 Å². The van der Waals surface area contributed by atoms with Gasteiger partial charge in [0.1, 0.15) is 19.4 Å². The number of aliphatic hydroxyl groups is 1. The third kappa shape index (κ3) is 10.8. The summed E-state index contributed by atoms with van der Waals surface area (Å²) in [6, 6.07) is 0. The number of esters is 1. The van der Waals surface area contributed by atoms with Crippen LogP contribution in [0.5, 0.6) is 0 Å². The molecular weight excluding hydrogens is 361 g/mol. The number of amides is 1. The van der Waals surface area contributed by atoms with Gasteiger partial charge in [-0.15, -0.1) is 0 Å². The van der Waals surface area contributed by atoms with Gasteiger partial charge in [-0.1, -0.05) is 26.2 Å². The molecule has 1 rings (SSSR count). The van der Waals surface area contributed by atoms with E-state index in [2.05, 4.69) is 5.32 Å². The quantitative estimate of drug-likeness (QED) is 0.213. The van der Waals surface area contributed by atoms with E-state index in [1.165, 1.54) is 0 Å². The number of aliphatic hydroxyl groups excluding tert-OH is 1. The molecule has 0 heterocycles. The van der Waals surface area contributed by atoms with Crippen molar-refractivity contribution in [2.45, 2.75) is 64.5 Å². The summed E-state index contributed by atoms with van der Waals surface area (Å²) in [5.74, 6) is -0.0815. The normalized spacial score (nSPS) is 18.6. The zero-order chi connectivity index (χ0) is 19.4. The fraction of sp³-hybridized carbons (Fsp3) is 0.882. The Balaban J connectivity index is 2.06. The maximum atomic E-state index is 11.8. The van der Waals surface area contributed by atoms with Crippen LogP contribution >= 0.6 is 8.03 Å². The van der Waals surface area contributed by atoms with Crippen LogP contribution in [0.4, 0.5) is 4.79 Å². The molecule has 0 aromatic rings.